The number of ether oxygens (including phenoxy) is 2. The van der Waals surface area contributed by atoms with Gasteiger partial charge in [0.05, 0.1) is 25.3 Å². The van der Waals surface area contributed by atoms with E-state index in [0.29, 0.717) is 30.8 Å². The lowest BCUT2D eigenvalue weighted by molar-refractivity contribution is 0.0524. The molecule has 0 saturated carbocycles. The molecule has 0 heterocycles. The van der Waals surface area contributed by atoms with Crippen molar-refractivity contribution in [1.82, 2.24) is 0 Å². The van der Waals surface area contributed by atoms with E-state index in [-0.39, 0.29) is 5.97 Å². The van der Waals surface area contributed by atoms with Gasteiger partial charge >= 0.3 is 5.97 Å². The zero-order chi connectivity index (χ0) is 12.7. The minimum Gasteiger partial charge on any atom is -0.497 e. The molecule has 1 aromatic carbocycles. The fraction of sp³-hybridized carbons (Fsp3) is 0.385. The lowest BCUT2D eigenvalue weighted by Gasteiger charge is -2.09. The summed E-state index contributed by atoms with van der Waals surface area (Å²) >= 11 is 0. The van der Waals surface area contributed by atoms with Crippen LogP contribution in [0.25, 0.3) is 0 Å². The summed E-state index contributed by atoms with van der Waals surface area (Å²) in [6, 6.07) is 7.27. The normalized spacial score (nSPS) is 9.47. The summed E-state index contributed by atoms with van der Waals surface area (Å²) in [7, 11) is 1.54. The number of benzene rings is 1. The number of rotatable bonds is 5. The molecule has 1 rings (SSSR count). The van der Waals surface area contributed by atoms with Crippen molar-refractivity contribution in [3.63, 3.8) is 0 Å². The Bertz CT molecular complexity index is 435. The first-order valence-corrected chi connectivity index (χ1v) is 5.44. The van der Waals surface area contributed by atoms with Crippen molar-refractivity contribution < 1.29 is 14.3 Å². The highest BCUT2D eigenvalue weighted by Gasteiger charge is 2.13. The van der Waals surface area contributed by atoms with Crippen LogP contribution >= 0.6 is 0 Å². The summed E-state index contributed by atoms with van der Waals surface area (Å²) < 4.78 is 10.0. The molecule has 1 aromatic rings. The molecule has 0 aliphatic heterocycles. The van der Waals surface area contributed by atoms with Gasteiger partial charge < -0.3 is 9.47 Å². The van der Waals surface area contributed by atoms with E-state index < -0.39 is 0 Å². The highest BCUT2D eigenvalue weighted by Crippen LogP contribution is 2.20. The van der Waals surface area contributed by atoms with Crippen LogP contribution in [0.5, 0.6) is 5.75 Å². The predicted octanol–water partition coefficient (Wildman–Crippen LogP) is 2.33. The molecule has 0 N–H and O–H groups in total. The molecule has 0 bridgehead atoms. The topological polar surface area (TPSA) is 59.3 Å². The van der Waals surface area contributed by atoms with Crippen molar-refractivity contribution in [2.24, 2.45) is 0 Å². The molecule has 0 saturated heterocycles. The van der Waals surface area contributed by atoms with Crippen LogP contribution in [0.4, 0.5) is 0 Å². The maximum atomic E-state index is 11.7. The second-order valence-electron chi connectivity index (χ2n) is 3.40. The van der Waals surface area contributed by atoms with Crippen LogP contribution in [0.15, 0.2) is 18.2 Å². The molecule has 0 aliphatic rings. The van der Waals surface area contributed by atoms with Crippen LogP contribution < -0.4 is 4.74 Å². The predicted molar refractivity (Wildman–Crippen MR) is 62.9 cm³/mol. The average Bonchev–Trinajstić information content (AvgIpc) is 2.36. The monoisotopic (exact) mass is 233 g/mol. The minimum atomic E-state index is -0.376. The van der Waals surface area contributed by atoms with E-state index in [1.54, 1.807) is 32.2 Å². The van der Waals surface area contributed by atoms with E-state index in [2.05, 4.69) is 6.07 Å². The number of carbonyl (C=O) groups is 1. The standard InChI is InChI=1S/C13H15NO3/c1-3-17-13(15)12-9-11(16-2)7-6-10(12)5-4-8-14/h6-7,9H,3-5H2,1-2H3. The largest absolute Gasteiger partial charge is 0.497 e. The lowest BCUT2D eigenvalue weighted by Crippen LogP contribution is -2.08. The Hall–Kier alpha value is -2.02. The van der Waals surface area contributed by atoms with Gasteiger partial charge in [0.25, 0.3) is 0 Å². The fourth-order valence-corrected chi connectivity index (χ4v) is 1.49. The van der Waals surface area contributed by atoms with Crippen LogP contribution in [-0.4, -0.2) is 19.7 Å². The number of hydrogen-bond donors (Lipinski definition) is 0. The van der Waals surface area contributed by atoms with Crippen LogP contribution in [0.2, 0.25) is 0 Å². The number of aryl methyl sites for hydroxylation is 1. The van der Waals surface area contributed by atoms with Gasteiger partial charge in [0.15, 0.2) is 0 Å². The Morgan fingerprint density at radius 2 is 2.24 bits per heavy atom. The molecule has 0 aliphatic carbocycles. The number of carbonyl (C=O) groups excluding carboxylic acids is 1. The lowest BCUT2D eigenvalue weighted by atomic mass is 10.0. The second-order valence-corrected chi connectivity index (χ2v) is 3.40. The van der Waals surface area contributed by atoms with Crippen molar-refractivity contribution in [3.05, 3.63) is 29.3 Å². The Labute approximate surface area is 101 Å². The number of esters is 1. The van der Waals surface area contributed by atoms with E-state index >= 15 is 0 Å². The first-order chi connectivity index (χ1) is 8.22. The minimum absolute atomic E-state index is 0.327. The van der Waals surface area contributed by atoms with Crippen molar-refractivity contribution in [1.29, 1.82) is 5.26 Å². The van der Waals surface area contributed by atoms with Gasteiger partial charge in [0.1, 0.15) is 5.75 Å². The third-order valence-electron chi connectivity index (χ3n) is 2.32. The number of nitriles is 1. The Morgan fingerprint density at radius 3 is 2.82 bits per heavy atom. The van der Waals surface area contributed by atoms with Gasteiger partial charge in [-0.25, -0.2) is 4.79 Å². The van der Waals surface area contributed by atoms with Crippen LogP contribution in [0.3, 0.4) is 0 Å². The van der Waals surface area contributed by atoms with Crippen molar-refractivity contribution >= 4 is 5.97 Å². The molecule has 0 amide bonds. The average molecular weight is 233 g/mol. The van der Waals surface area contributed by atoms with Crippen LogP contribution in [0.1, 0.15) is 29.3 Å². The van der Waals surface area contributed by atoms with E-state index in [4.69, 9.17) is 14.7 Å². The molecule has 0 unspecified atom stereocenters. The molecule has 0 aromatic heterocycles. The summed E-state index contributed by atoms with van der Waals surface area (Å²) in [6.07, 6.45) is 0.910. The van der Waals surface area contributed by atoms with Gasteiger partial charge in [-0.2, -0.15) is 5.26 Å². The van der Waals surface area contributed by atoms with Crippen LogP contribution in [-0.2, 0) is 11.2 Å². The molecule has 0 atom stereocenters. The fourth-order valence-electron chi connectivity index (χ4n) is 1.49. The quantitative estimate of drug-likeness (QED) is 0.732. The Balaban J connectivity index is 3.03. The second kappa shape index (κ2) is 6.54. The molecular formula is C13H15NO3. The first kappa shape index (κ1) is 13.0. The molecule has 17 heavy (non-hydrogen) atoms. The van der Waals surface area contributed by atoms with Gasteiger partial charge in [-0.1, -0.05) is 6.07 Å². The summed E-state index contributed by atoms with van der Waals surface area (Å²) in [6.45, 7) is 2.08. The molecular weight excluding hydrogens is 218 g/mol. The van der Waals surface area contributed by atoms with Crippen molar-refractivity contribution in [3.8, 4) is 11.8 Å². The third kappa shape index (κ3) is 3.49. The Kier molecular flexibility index (Phi) is 5.02. The van der Waals surface area contributed by atoms with Gasteiger partial charge in [-0.05, 0) is 31.0 Å². The first-order valence-electron chi connectivity index (χ1n) is 5.44. The smallest absolute Gasteiger partial charge is 0.338 e. The van der Waals surface area contributed by atoms with Gasteiger partial charge in [-0.3, -0.25) is 0 Å². The molecule has 0 radical (unpaired) electrons. The SMILES string of the molecule is CCOC(=O)c1cc(OC)ccc1CCC#N. The molecule has 0 spiro atoms. The third-order valence-corrected chi connectivity index (χ3v) is 2.32. The zero-order valence-corrected chi connectivity index (χ0v) is 10.0. The Morgan fingerprint density at radius 1 is 1.47 bits per heavy atom. The van der Waals surface area contributed by atoms with Gasteiger partial charge in [0.2, 0.25) is 0 Å². The maximum Gasteiger partial charge on any atom is 0.338 e. The summed E-state index contributed by atoms with van der Waals surface area (Å²) in [5.74, 6) is 0.230. The number of nitrogens with zero attached hydrogens (tertiary/aromatic N) is 1. The zero-order valence-electron chi connectivity index (χ0n) is 10.0. The molecule has 4 nitrogen and oxygen atoms in total. The highest BCUT2D eigenvalue weighted by atomic mass is 16.5. The maximum absolute atomic E-state index is 11.7. The van der Waals surface area contributed by atoms with E-state index in [0.717, 1.165) is 5.56 Å². The highest BCUT2D eigenvalue weighted by molar-refractivity contribution is 5.91. The summed E-state index contributed by atoms with van der Waals surface area (Å²) in [5.41, 5.74) is 1.28. The summed E-state index contributed by atoms with van der Waals surface area (Å²) in [5, 5.41) is 8.57. The van der Waals surface area contributed by atoms with E-state index in [1.165, 1.54) is 0 Å². The molecule has 90 valence electrons. The van der Waals surface area contributed by atoms with E-state index in [1.807, 2.05) is 0 Å². The number of methoxy groups -OCH3 is 1. The van der Waals surface area contributed by atoms with Gasteiger partial charge in [-0.15, -0.1) is 0 Å². The summed E-state index contributed by atoms with van der Waals surface area (Å²) in [4.78, 5) is 11.7. The molecule has 4 heteroatoms. The van der Waals surface area contributed by atoms with Crippen molar-refractivity contribution in [2.45, 2.75) is 19.8 Å². The number of hydrogen-bond acceptors (Lipinski definition) is 4. The van der Waals surface area contributed by atoms with Crippen LogP contribution in [0, 0.1) is 11.3 Å². The van der Waals surface area contributed by atoms with E-state index in [9.17, 15) is 4.79 Å². The molecule has 0 fully saturated rings. The van der Waals surface area contributed by atoms with Gasteiger partial charge in [0, 0.05) is 6.42 Å². The van der Waals surface area contributed by atoms with Crippen molar-refractivity contribution in [2.75, 3.05) is 13.7 Å².